The summed E-state index contributed by atoms with van der Waals surface area (Å²) in [6, 6.07) is 21.8. The van der Waals surface area contributed by atoms with E-state index in [4.69, 9.17) is 9.47 Å². The second-order valence-electron chi connectivity index (χ2n) is 5.72. The van der Waals surface area contributed by atoms with E-state index < -0.39 is 0 Å². The number of hydrogen-bond donors (Lipinski definition) is 2. The first-order chi connectivity index (χ1) is 12.7. The monoisotopic (exact) mass is 346 g/mol. The van der Waals surface area contributed by atoms with Crippen molar-refractivity contribution in [2.24, 2.45) is 0 Å². The van der Waals surface area contributed by atoms with E-state index in [1.165, 1.54) is 0 Å². The third-order valence-corrected chi connectivity index (χ3v) is 4.02. The lowest BCUT2D eigenvalue weighted by atomic mass is 10.1. The second kappa shape index (κ2) is 8.12. The Kier molecular flexibility index (Phi) is 5.44. The molecule has 0 aliphatic carbocycles. The summed E-state index contributed by atoms with van der Waals surface area (Å²) in [7, 11) is 3.32. The maximum Gasteiger partial charge on any atom is 0.119 e. The molecule has 26 heavy (non-hydrogen) atoms. The summed E-state index contributed by atoms with van der Waals surface area (Å²) in [5, 5.41) is 6.89. The quantitative estimate of drug-likeness (QED) is 0.564. The first kappa shape index (κ1) is 17.4. The zero-order chi connectivity index (χ0) is 18.4. The van der Waals surface area contributed by atoms with Crippen molar-refractivity contribution in [1.82, 2.24) is 0 Å². The minimum Gasteiger partial charge on any atom is -0.497 e. The summed E-state index contributed by atoms with van der Waals surface area (Å²) in [6.07, 6.45) is 1.83. The molecule has 0 saturated carbocycles. The van der Waals surface area contributed by atoms with Crippen molar-refractivity contribution in [3.8, 4) is 11.5 Å². The standard InChI is InChI=1S/C22H22N2O2/c1-4-16-5-14-21(23-17-6-10-19(25-2)11-7-17)22(15-16)24-18-8-12-20(26-3)13-9-18/h4-15,23-24H,1H2,2-3H3. The molecule has 132 valence electrons. The molecule has 2 N–H and O–H groups in total. The van der Waals surface area contributed by atoms with Gasteiger partial charge in [-0.05, 0) is 66.2 Å². The van der Waals surface area contributed by atoms with E-state index >= 15 is 0 Å². The van der Waals surface area contributed by atoms with Crippen LogP contribution in [0.3, 0.4) is 0 Å². The number of methoxy groups -OCH3 is 2. The normalized spacial score (nSPS) is 10.1. The average Bonchev–Trinajstić information content (AvgIpc) is 2.70. The summed E-state index contributed by atoms with van der Waals surface area (Å²) in [5.41, 5.74) is 4.93. The van der Waals surface area contributed by atoms with Crippen LogP contribution in [0.1, 0.15) is 5.56 Å². The minimum atomic E-state index is 0.826. The van der Waals surface area contributed by atoms with Crippen LogP contribution >= 0.6 is 0 Å². The Bertz CT molecular complexity index is 872. The van der Waals surface area contributed by atoms with Crippen LogP contribution in [0.2, 0.25) is 0 Å². The highest BCUT2D eigenvalue weighted by molar-refractivity contribution is 5.80. The van der Waals surface area contributed by atoms with Crippen LogP contribution in [-0.4, -0.2) is 14.2 Å². The third kappa shape index (κ3) is 4.16. The van der Waals surface area contributed by atoms with Gasteiger partial charge in [0.05, 0.1) is 25.6 Å². The second-order valence-corrected chi connectivity index (χ2v) is 5.72. The van der Waals surface area contributed by atoms with Crippen LogP contribution in [0.4, 0.5) is 22.7 Å². The molecule has 3 rings (SSSR count). The highest BCUT2D eigenvalue weighted by atomic mass is 16.5. The molecule has 0 aliphatic heterocycles. The highest BCUT2D eigenvalue weighted by Gasteiger charge is 2.05. The maximum atomic E-state index is 5.21. The molecule has 0 unspecified atom stereocenters. The van der Waals surface area contributed by atoms with E-state index in [9.17, 15) is 0 Å². The third-order valence-electron chi connectivity index (χ3n) is 4.02. The first-order valence-corrected chi connectivity index (χ1v) is 8.30. The van der Waals surface area contributed by atoms with Gasteiger partial charge in [0.1, 0.15) is 11.5 Å². The molecule has 0 bridgehead atoms. The van der Waals surface area contributed by atoms with Crippen molar-refractivity contribution in [1.29, 1.82) is 0 Å². The lowest BCUT2D eigenvalue weighted by molar-refractivity contribution is 0.415. The van der Waals surface area contributed by atoms with Gasteiger partial charge in [-0.3, -0.25) is 0 Å². The SMILES string of the molecule is C=Cc1ccc(Nc2ccc(OC)cc2)c(Nc2ccc(OC)cc2)c1. The van der Waals surface area contributed by atoms with Gasteiger partial charge in [-0.2, -0.15) is 0 Å². The van der Waals surface area contributed by atoms with E-state index in [2.05, 4.69) is 23.3 Å². The van der Waals surface area contributed by atoms with Gasteiger partial charge in [0, 0.05) is 11.4 Å². The Morgan fingerprint density at radius 1 is 0.692 bits per heavy atom. The molecule has 0 fully saturated rings. The van der Waals surface area contributed by atoms with Crippen molar-refractivity contribution in [3.63, 3.8) is 0 Å². The number of anilines is 4. The van der Waals surface area contributed by atoms with E-state index in [1.54, 1.807) is 14.2 Å². The summed E-state index contributed by atoms with van der Waals surface area (Å²) < 4.78 is 10.4. The van der Waals surface area contributed by atoms with Crippen molar-refractivity contribution in [2.45, 2.75) is 0 Å². The molecular weight excluding hydrogens is 324 g/mol. The number of ether oxygens (including phenoxy) is 2. The number of hydrogen-bond acceptors (Lipinski definition) is 4. The van der Waals surface area contributed by atoms with Gasteiger partial charge < -0.3 is 20.1 Å². The largest absolute Gasteiger partial charge is 0.497 e. The fourth-order valence-electron chi connectivity index (χ4n) is 2.56. The summed E-state index contributed by atoms with van der Waals surface area (Å²) in [5.74, 6) is 1.65. The van der Waals surface area contributed by atoms with Gasteiger partial charge in [0.2, 0.25) is 0 Å². The Morgan fingerprint density at radius 2 is 1.19 bits per heavy atom. The fraction of sp³-hybridized carbons (Fsp3) is 0.0909. The number of benzene rings is 3. The Balaban J connectivity index is 1.87. The molecule has 4 heteroatoms. The molecule has 3 aromatic rings. The van der Waals surface area contributed by atoms with Gasteiger partial charge in [-0.1, -0.05) is 18.7 Å². The zero-order valence-corrected chi connectivity index (χ0v) is 15.0. The molecule has 0 aliphatic rings. The molecule has 0 radical (unpaired) electrons. The summed E-state index contributed by atoms with van der Waals surface area (Å²) >= 11 is 0. The lowest BCUT2D eigenvalue weighted by Crippen LogP contribution is -1.98. The van der Waals surface area contributed by atoms with Gasteiger partial charge in [0.15, 0.2) is 0 Å². The summed E-state index contributed by atoms with van der Waals surface area (Å²) in [6.45, 7) is 3.86. The predicted molar refractivity (Wildman–Crippen MR) is 109 cm³/mol. The van der Waals surface area contributed by atoms with Gasteiger partial charge in [-0.15, -0.1) is 0 Å². The van der Waals surface area contributed by atoms with E-state index in [1.807, 2.05) is 66.7 Å². The lowest BCUT2D eigenvalue weighted by Gasteiger charge is -2.15. The van der Waals surface area contributed by atoms with Crippen LogP contribution < -0.4 is 20.1 Å². The van der Waals surface area contributed by atoms with Crippen molar-refractivity contribution in [3.05, 3.63) is 78.9 Å². The van der Waals surface area contributed by atoms with Gasteiger partial charge in [-0.25, -0.2) is 0 Å². The Morgan fingerprint density at radius 3 is 1.65 bits per heavy atom. The van der Waals surface area contributed by atoms with Crippen LogP contribution in [0.25, 0.3) is 6.08 Å². The van der Waals surface area contributed by atoms with E-state index in [0.717, 1.165) is 39.8 Å². The highest BCUT2D eigenvalue weighted by Crippen LogP contribution is 2.31. The molecule has 4 nitrogen and oxygen atoms in total. The predicted octanol–water partition coefficient (Wildman–Crippen LogP) is 5.83. The minimum absolute atomic E-state index is 0.826. The molecule has 3 aromatic carbocycles. The van der Waals surface area contributed by atoms with Crippen molar-refractivity contribution >= 4 is 28.8 Å². The zero-order valence-electron chi connectivity index (χ0n) is 15.0. The average molecular weight is 346 g/mol. The molecule has 0 aromatic heterocycles. The Hall–Kier alpha value is -3.40. The smallest absolute Gasteiger partial charge is 0.119 e. The Labute approximate surface area is 154 Å². The van der Waals surface area contributed by atoms with Crippen LogP contribution in [0.5, 0.6) is 11.5 Å². The van der Waals surface area contributed by atoms with Gasteiger partial charge in [0.25, 0.3) is 0 Å². The van der Waals surface area contributed by atoms with Crippen LogP contribution in [0.15, 0.2) is 73.3 Å². The number of rotatable bonds is 7. The molecule has 0 atom stereocenters. The first-order valence-electron chi connectivity index (χ1n) is 8.30. The molecule has 0 heterocycles. The molecule has 0 spiro atoms. The maximum absolute atomic E-state index is 5.21. The van der Waals surface area contributed by atoms with Crippen molar-refractivity contribution < 1.29 is 9.47 Å². The fourth-order valence-corrected chi connectivity index (χ4v) is 2.56. The number of nitrogens with one attached hydrogen (secondary N) is 2. The van der Waals surface area contributed by atoms with Gasteiger partial charge >= 0.3 is 0 Å². The topological polar surface area (TPSA) is 42.5 Å². The van der Waals surface area contributed by atoms with Crippen molar-refractivity contribution in [2.75, 3.05) is 24.9 Å². The molecule has 0 saturated heterocycles. The van der Waals surface area contributed by atoms with Crippen LogP contribution in [0, 0.1) is 0 Å². The van der Waals surface area contributed by atoms with E-state index in [-0.39, 0.29) is 0 Å². The van der Waals surface area contributed by atoms with Crippen LogP contribution in [-0.2, 0) is 0 Å². The molecule has 0 amide bonds. The molecular formula is C22H22N2O2. The van der Waals surface area contributed by atoms with E-state index in [0.29, 0.717) is 0 Å². The summed E-state index contributed by atoms with van der Waals surface area (Å²) in [4.78, 5) is 0.